The molecule has 0 bridgehead atoms. The van der Waals surface area contributed by atoms with Crippen LogP contribution in [-0.2, 0) is 29.5 Å². The van der Waals surface area contributed by atoms with E-state index in [0.29, 0.717) is 19.0 Å². The number of nitrogens with zero attached hydrogens (tertiary/aromatic N) is 4. The molecule has 10 heteroatoms. The van der Waals surface area contributed by atoms with E-state index in [1.165, 1.54) is 16.4 Å². The molecule has 1 fully saturated rings. The van der Waals surface area contributed by atoms with Crippen LogP contribution in [0.25, 0.3) is 0 Å². The van der Waals surface area contributed by atoms with Gasteiger partial charge in [-0.1, -0.05) is 24.9 Å². The molecule has 1 atom stereocenters. The number of nitrogens with one attached hydrogen (secondary N) is 1. The second-order valence-corrected chi connectivity index (χ2v) is 10.7. The Bertz CT molecular complexity index is 1070. The van der Waals surface area contributed by atoms with Crippen LogP contribution in [0.15, 0.2) is 23.1 Å². The third-order valence-corrected chi connectivity index (χ3v) is 8.37. The van der Waals surface area contributed by atoms with Gasteiger partial charge in [-0.2, -0.15) is 4.31 Å². The summed E-state index contributed by atoms with van der Waals surface area (Å²) in [4.78, 5) is 12.8. The number of piperidine rings is 1. The van der Waals surface area contributed by atoms with Crippen LogP contribution >= 0.6 is 11.6 Å². The molecule has 1 aromatic heterocycles. The average Bonchev–Trinajstić information content (AvgIpc) is 2.98. The molecule has 1 N–H and O–H groups in total. The molecule has 0 radical (unpaired) electrons. The number of amides is 1. The fourth-order valence-electron chi connectivity index (χ4n) is 4.28. The second kappa shape index (κ2) is 9.26. The molecular weight excluding hydrogens is 438 g/mol. The van der Waals surface area contributed by atoms with Gasteiger partial charge in [0.25, 0.3) is 5.91 Å². The normalized spacial score (nSPS) is 20.1. The zero-order chi connectivity index (χ0) is 22.0. The number of fused-ring (bicyclic) bond motifs is 1. The smallest absolute Gasteiger partial charge is 0.251 e. The number of hydrogen-bond donors (Lipinski definition) is 1. The number of carbonyl (C=O) groups is 1. The van der Waals surface area contributed by atoms with E-state index < -0.39 is 10.0 Å². The predicted molar refractivity (Wildman–Crippen MR) is 117 cm³/mol. The first-order valence-corrected chi connectivity index (χ1v) is 12.7. The van der Waals surface area contributed by atoms with Crippen molar-refractivity contribution in [2.24, 2.45) is 5.92 Å². The van der Waals surface area contributed by atoms with Crippen LogP contribution < -0.4 is 5.32 Å². The number of carbonyl (C=O) groups excluding carboxylic acids is 1. The molecule has 1 amide bonds. The van der Waals surface area contributed by atoms with Crippen molar-refractivity contribution >= 4 is 27.5 Å². The summed E-state index contributed by atoms with van der Waals surface area (Å²) in [6.07, 6.45) is 6.05. The van der Waals surface area contributed by atoms with Gasteiger partial charge >= 0.3 is 0 Å². The first-order chi connectivity index (χ1) is 14.9. The van der Waals surface area contributed by atoms with Gasteiger partial charge in [0.1, 0.15) is 10.7 Å². The van der Waals surface area contributed by atoms with E-state index >= 15 is 0 Å². The van der Waals surface area contributed by atoms with Crippen molar-refractivity contribution < 1.29 is 13.2 Å². The van der Waals surface area contributed by atoms with E-state index in [9.17, 15) is 13.2 Å². The minimum atomic E-state index is -3.76. The van der Waals surface area contributed by atoms with Crippen molar-refractivity contribution in [3.05, 3.63) is 40.4 Å². The lowest BCUT2D eigenvalue weighted by atomic mass is 10.0. The number of rotatable bonds is 5. The van der Waals surface area contributed by atoms with E-state index in [2.05, 4.69) is 20.1 Å². The molecule has 31 heavy (non-hydrogen) atoms. The van der Waals surface area contributed by atoms with Gasteiger partial charge in [0, 0.05) is 31.6 Å². The molecule has 0 spiro atoms. The lowest BCUT2D eigenvalue weighted by molar-refractivity contribution is 0.0949. The fraction of sp³-hybridized carbons (Fsp3) is 0.571. The lowest BCUT2D eigenvalue weighted by Crippen LogP contribution is -2.39. The molecule has 1 saturated heterocycles. The highest BCUT2D eigenvalue weighted by Crippen LogP contribution is 2.29. The first-order valence-electron chi connectivity index (χ1n) is 10.8. The Kier molecular flexibility index (Phi) is 6.64. The zero-order valence-electron chi connectivity index (χ0n) is 17.7. The highest BCUT2D eigenvalue weighted by molar-refractivity contribution is 7.89. The molecule has 0 saturated carbocycles. The van der Waals surface area contributed by atoms with Gasteiger partial charge in [0.15, 0.2) is 5.82 Å². The Morgan fingerprint density at radius 3 is 2.84 bits per heavy atom. The third kappa shape index (κ3) is 4.78. The molecule has 4 rings (SSSR count). The largest absolute Gasteiger partial charge is 0.345 e. The van der Waals surface area contributed by atoms with Gasteiger partial charge in [0.05, 0.1) is 11.6 Å². The Morgan fingerprint density at radius 2 is 2.03 bits per heavy atom. The van der Waals surface area contributed by atoms with Gasteiger partial charge < -0.3 is 9.88 Å². The zero-order valence-corrected chi connectivity index (χ0v) is 19.3. The Hall–Kier alpha value is -1.97. The number of hydrogen-bond acceptors (Lipinski definition) is 5. The van der Waals surface area contributed by atoms with Gasteiger partial charge in [-0.15, -0.1) is 10.2 Å². The summed E-state index contributed by atoms with van der Waals surface area (Å²) in [6.45, 7) is 4.06. The summed E-state index contributed by atoms with van der Waals surface area (Å²) in [7, 11) is -3.76. The summed E-state index contributed by atoms with van der Waals surface area (Å²) in [5.41, 5.74) is 0.253. The van der Waals surface area contributed by atoms with Crippen molar-refractivity contribution in [3.63, 3.8) is 0 Å². The highest BCUT2D eigenvalue weighted by atomic mass is 35.5. The van der Waals surface area contributed by atoms with Crippen LogP contribution in [0.2, 0.25) is 5.02 Å². The highest BCUT2D eigenvalue weighted by Gasteiger charge is 2.31. The number of halogens is 1. The molecule has 3 heterocycles. The van der Waals surface area contributed by atoms with Crippen LogP contribution in [0, 0.1) is 5.92 Å². The van der Waals surface area contributed by atoms with Crippen LogP contribution in [0.5, 0.6) is 0 Å². The number of aromatic nitrogens is 3. The number of benzene rings is 1. The molecule has 2 aliphatic heterocycles. The summed E-state index contributed by atoms with van der Waals surface area (Å²) in [5, 5.41) is 11.4. The van der Waals surface area contributed by atoms with Crippen molar-refractivity contribution in [1.82, 2.24) is 24.4 Å². The molecule has 1 aromatic carbocycles. The SMILES string of the molecule is C[C@H]1CCCN(S(=O)(=O)c2cc(C(=O)NCc3nnc4n3CCCCC4)ccc2Cl)C1. The summed E-state index contributed by atoms with van der Waals surface area (Å²) in [5.74, 6) is 1.60. The number of sulfonamides is 1. The molecule has 2 aliphatic rings. The molecular formula is C21H28ClN5O3S. The van der Waals surface area contributed by atoms with E-state index in [1.807, 2.05) is 6.92 Å². The molecule has 168 valence electrons. The molecule has 2 aromatic rings. The van der Waals surface area contributed by atoms with Crippen molar-refractivity contribution in [2.45, 2.75) is 63.4 Å². The van der Waals surface area contributed by atoms with Gasteiger partial charge in [-0.25, -0.2) is 8.42 Å². The van der Waals surface area contributed by atoms with Gasteiger partial charge in [0.2, 0.25) is 10.0 Å². The molecule has 0 aliphatic carbocycles. The summed E-state index contributed by atoms with van der Waals surface area (Å²) < 4.78 is 29.8. The maximum absolute atomic E-state index is 13.2. The van der Waals surface area contributed by atoms with Crippen LogP contribution in [0.1, 0.15) is 61.0 Å². The monoisotopic (exact) mass is 465 g/mol. The standard InChI is InChI=1S/C21H28ClN5O3S/c1-15-6-5-10-26(14-15)31(29,30)18-12-16(8-9-17(18)22)21(28)23-13-20-25-24-19-7-3-2-4-11-27(19)20/h8-9,12,15H,2-7,10-11,13-14H2,1H3,(H,23,28)/t15-/m0/s1. The lowest BCUT2D eigenvalue weighted by Gasteiger charge is -2.30. The van der Waals surface area contributed by atoms with Gasteiger partial charge in [-0.05, 0) is 49.8 Å². The van der Waals surface area contributed by atoms with Crippen molar-refractivity contribution in [2.75, 3.05) is 13.1 Å². The minimum Gasteiger partial charge on any atom is -0.345 e. The summed E-state index contributed by atoms with van der Waals surface area (Å²) in [6, 6.07) is 4.39. The van der Waals surface area contributed by atoms with Crippen LogP contribution in [-0.4, -0.2) is 46.5 Å². The summed E-state index contributed by atoms with van der Waals surface area (Å²) >= 11 is 6.24. The fourth-order valence-corrected chi connectivity index (χ4v) is 6.38. The molecule has 0 unspecified atom stereocenters. The minimum absolute atomic E-state index is 0.0211. The Balaban J connectivity index is 1.50. The van der Waals surface area contributed by atoms with Crippen molar-refractivity contribution in [3.8, 4) is 0 Å². The first kappa shape index (κ1) is 22.2. The van der Waals surface area contributed by atoms with E-state index in [0.717, 1.165) is 56.7 Å². The number of aryl methyl sites for hydroxylation is 1. The topological polar surface area (TPSA) is 97.2 Å². The van der Waals surface area contributed by atoms with Crippen LogP contribution in [0.3, 0.4) is 0 Å². The van der Waals surface area contributed by atoms with Crippen molar-refractivity contribution in [1.29, 1.82) is 0 Å². The van der Waals surface area contributed by atoms with E-state index in [-0.39, 0.29) is 27.9 Å². The second-order valence-electron chi connectivity index (χ2n) is 8.43. The third-order valence-electron chi connectivity index (χ3n) is 6.02. The molecule has 8 nitrogen and oxygen atoms in total. The van der Waals surface area contributed by atoms with Gasteiger partial charge in [-0.3, -0.25) is 4.79 Å². The maximum Gasteiger partial charge on any atom is 0.251 e. The quantitative estimate of drug-likeness (QED) is 0.732. The maximum atomic E-state index is 13.2. The van der Waals surface area contributed by atoms with E-state index in [4.69, 9.17) is 11.6 Å². The Morgan fingerprint density at radius 1 is 1.19 bits per heavy atom. The predicted octanol–water partition coefficient (Wildman–Crippen LogP) is 3.01. The van der Waals surface area contributed by atoms with E-state index in [1.54, 1.807) is 6.07 Å². The Labute approximate surface area is 188 Å². The average molecular weight is 466 g/mol. The van der Waals surface area contributed by atoms with Crippen LogP contribution in [0.4, 0.5) is 0 Å².